The standard InChI is InChI=1S/C21H18Cl2N2O4/c1-25(12-20(26)24-14-4-6-15(28-2)7-5-14)21(27)19-10-9-18(29-19)16-11-13(22)3-8-17(16)23/h3-11H,12H2,1-2H3,(H,24,26). The second-order valence-electron chi connectivity index (χ2n) is 6.23. The Balaban J connectivity index is 1.64. The number of hydrogen-bond donors (Lipinski definition) is 1. The number of hydrogen-bond acceptors (Lipinski definition) is 4. The fourth-order valence-electron chi connectivity index (χ4n) is 2.63. The molecule has 0 radical (unpaired) electrons. The van der Waals surface area contributed by atoms with Crippen LogP contribution in [0.1, 0.15) is 10.6 Å². The van der Waals surface area contributed by atoms with Gasteiger partial charge in [0, 0.05) is 23.3 Å². The summed E-state index contributed by atoms with van der Waals surface area (Å²) in [5.74, 6) is 0.423. The molecule has 8 heteroatoms. The first-order chi connectivity index (χ1) is 13.9. The van der Waals surface area contributed by atoms with E-state index in [1.807, 2.05) is 0 Å². The zero-order valence-electron chi connectivity index (χ0n) is 15.7. The number of nitrogens with zero attached hydrogens (tertiary/aromatic N) is 1. The van der Waals surface area contributed by atoms with Crippen LogP contribution in [0.4, 0.5) is 5.69 Å². The van der Waals surface area contributed by atoms with Crippen molar-refractivity contribution in [2.45, 2.75) is 0 Å². The first kappa shape index (κ1) is 20.8. The Morgan fingerprint density at radius 2 is 1.79 bits per heavy atom. The third-order valence-electron chi connectivity index (χ3n) is 4.11. The van der Waals surface area contributed by atoms with E-state index in [4.69, 9.17) is 32.4 Å². The minimum absolute atomic E-state index is 0.0933. The first-order valence-electron chi connectivity index (χ1n) is 8.62. The topological polar surface area (TPSA) is 71.8 Å². The molecule has 1 aromatic heterocycles. The van der Waals surface area contributed by atoms with Gasteiger partial charge in [-0.05, 0) is 54.6 Å². The lowest BCUT2D eigenvalue weighted by Gasteiger charge is -2.15. The molecule has 150 valence electrons. The van der Waals surface area contributed by atoms with Gasteiger partial charge in [-0.2, -0.15) is 0 Å². The average molecular weight is 433 g/mol. The molecule has 1 N–H and O–H groups in total. The van der Waals surface area contributed by atoms with Gasteiger partial charge in [-0.15, -0.1) is 0 Å². The Morgan fingerprint density at radius 1 is 1.07 bits per heavy atom. The molecular formula is C21H18Cl2N2O4. The van der Waals surface area contributed by atoms with E-state index < -0.39 is 5.91 Å². The summed E-state index contributed by atoms with van der Waals surface area (Å²) in [4.78, 5) is 26.1. The molecule has 1 heterocycles. The Bertz CT molecular complexity index is 1030. The highest BCUT2D eigenvalue weighted by molar-refractivity contribution is 6.35. The second kappa shape index (κ2) is 9.03. The molecule has 0 bridgehead atoms. The third-order valence-corrected chi connectivity index (χ3v) is 4.68. The largest absolute Gasteiger partial charge is 0.497 e. The van der Waals surface area contributed by atoms with Crippen molar-refractivity contribution in [1.82, 2.24) is 4.90 Å². The molecule has 0 fully saturated rings. The van der Waals surface area contributed by atoms with Crippen LogP contribution >= 0.6 is 23.2 Å². The number of carbonyl (C=O) groups is 2. The fraction of sp³-hybridized carbons (Fsp3) is 0.143. The summed E-state index contributed by atoms with van der Waals surface area (Å²) in [6.07, 6.45) is 0. The Kier molecular flexibility index (Phi) is 6.46. The van der Waals surface area contributed by atoms with Crippen LogP contribution in [-0.2, 0) is 4.79 Å². The SMILES string of the molecule is COc1ccc(NC(=O)CN(C)C(=O)c2ccc(-c3cc(Cl)ccc3Cl)o2)cc1. The third kappa shape index (κ3) is 5.10. The number of benzene rings is 2. The van der Waals surface area contributed by atoms with Crippen molar-refractivity contribution >= 4 is 40.7 Å². The van der Waals surface area contributed by atoms with Crippen LogP contribution in [-0.4, -0.2) is 37.4 Å². The highest BCUT2D eigenvalue weighted by Crippen LogP contribution is 2.32. The lowest BCUT2D eigenvalue weighted by atomic mass is 10.2. The van der Waals surface area contributed by atoms with Crippen molar-refractivity contribution in [2.24, 2.45) is 0 Å². The van der Waals surface area contributed by atoms with Crippen LogP contribution < -0.4 is 10.1 Å². The Morgan fingerprint density at radius 3 is 2.48 bits per heavy atom. The number of likely N-dealkylation sites (N-methyl/N-ethyl adjacent to an activating group) is 1. The van der Waals surface area contributed by atoms with Crippen molar-refractivity contribution < 1.29 is 18.7 Å². The van der Waals surface area contributed by atoms with E-state index in [2.05, 4.69) is 5.32 Å². The summed E-state index contributed by atoms with van der Waals surface area (Å²) in [5.41, 5.74) is 1.19. The molecule has 29 heavy (non-hydrogen) atoms. The summed E-state index contributed by atoms with van der Waals surface area (Å²) in [7, 11) is 3.08. The Labute approximate surface area is 178 Å². The first-order valence-corrected chi connectivity index (χ1v) is 9.37. The minimum Gasteiger partial charge on any atom is -0.497 e. The van der Waals surface area contributed by atoms with Gasteiger partial charge in [0.1, 0.15) is 11.5 Å². The fourth-order valence-corrected chi connectivity index (χ4v) is 3.02. The molecule has 3 aromatic rings. The molecule has 0 aliphatic carbocycles. The molecule has 0 saturated carbocycles. The molecule has 0 atom stereocenters. The minimum atomic E-state index is -0.431. The van der Waals surface area contributed by atoms with E-state index in [0.717, 1.165) is 0 Å². The number of carbonyl (C=O) groups excluding carboxylic acids is 2. The van der Waals surface area contributed by atoms with E-state index >= 15 is 0 Å². The molecule has 3 rings (SSSR count). The van der Waals surface area contributed by atoms with E-state index in [1.54, 1.807) is 55.6 Å². The van der Waals surface area contributed by atoms with E-state index in [-0.39, 0.29) is 18.2 Å². The molecule has 0 aliphatic rings. The predicted molar refractivity (Wildman–Crippen MR) is 113 cm³/mol. The molecule has 2 amide bonds. The molecule has 0 aliphatic heterocycles. The highest BCUT2D eigenvalue weighted by Gasteiger charge is 2.20. The van der Waals surface area contributed by atoms with Gasteiger partial charge < -0.3 is 19.4 Å². The number of methoxy groups -OCH3 is 1. The lowest BCUT2D eigenvalue weighted by molar-refractivity contribution is -0.116. The van der Waals surface area contributed by atoms with E-state index in [1.165, 1.54) is 18.0 Å². The van der Waals surface area contributed by atoms with Gasteiger partial charge in [0.05, 0.1) is 18.7 Å². The zero-order chi connectivity index (χ0) is 21.0. The lowest BCUT2D eigenvalue weighted by Crippen LogP contribution is -2.34. The number of anilines is 1. The summed E-state index contributed by atoms with van der Waals surface area (Å²) in [5, 5.41) is 3.68. The maximum absolute atomic E-state index is 12.6. The predicted octanol–water partition coefficient (Wildman–Crippen LogP) is 4.97. The van der Waals surface area contributed by atoms with E-state index in [9.17, 15) is 9.59 Å². The maximum Gasteiger partial charge on any atom is 0.289 e. The molecule has 2 aromatic carbocycles. The zero-order valence-corrected chi connectivity index (χ0v) is 17.3. The monoisotopic (exact) mass is 432 g/mol. The van der Waals surface area contributed by atoms with Gasteiger partial charge >= 0.3 is 0 Å². The van der Waals surface area contributed by atoms with Crippen LogP contribution in [0.3, 0.4) is 0 Å². The van der Waals surface area contributed by atoms with Crippen molar-refractivity contribution in [3.63, 3.8) is 0 Å². The van der Waals surface area contributed by atoms with E-state index in [0.29, 0.717) is 32.8 Å². The molecule has 0 spiro atoms. The summed E-state index contributed by atoms with van der Waals surface area (Å²) in [6.45, 7) is -0.140. The molecule has 6 nitrogen and oxygen atoms in total. The van der Waals surface area contributed by atoms with Gasteiger partial charge in [-0.1, -0.05) is 23.2 Å². The highest BCUT2D eigenvalue weighted by atomic mass is 35.5. The number of amides is 2. The van der Waals surface area contributed by atoms with Gasteiger partial charge in [0.2, 0.25) is 5.91 Å². The van der Waals surface area contributed by atoms with Crippen LogP contribution in [0.25, 0.3) is 11.3 Å². The number of halogens is 2. The molecule has 0 unspecified atom stereocenters. The smallest absolute Gasteiger partial charge is 0.289 e. The summed E-state index contributed by atoms with van der Waals surface area (Å²) < 4.78 is 10.7. The normalized spacial score (nSPS) is 10.5. The quantitative estimate of drug-likeness (QED) is 0.596. The summed E-state index contributed by atoms with van der Waals surface area (Å²) >= 11 is 12.2. The van der Waals surface area contributed by atoms with Gasteiger partial charge in [0.15, 0.2) is 5.76 Å². The van der Waals surface area contributed by atoms with Crippen LogP contribution in [0.5, 0.6) is 5.75 Å². The van der Waals surface area contributed by atoms with Gasteiger partial charge in [0.25, 0.3) is 5.91 Å². The van der Waals surface area contributed by atoms with Crippen molar-refractivity contribution in [1.29, 1.82) is 0 Å². The molecule has 0 saturated heterocycles. The number of rotatable bonds is 6. The van der Waals surface area contributed by atoms with Crippen molar-refractivity contribution in [3.8, 4) is 17.1 Å². The average Bonchev–Trinajstić information content (AvgIpc) is 3.19. The van der Waals surface area contributed by atoms with Crippen LogP contribution in [0.15, 0.2) is 59.0 Å². The second-order valence-corrected chi connectivity index (χ2v) is 7.07. The Hall–Kier alpha value is -2.96. The van der Waals surface area contributed by atoms with Crippen LogP contribution in [0.2, 0.25) is 10.0 Å². The van der Waals surface area contributed by atoms with Gasteiger partial charge in [-0.3, -0.25) is 9.59 Å². The molecular weight excluding hydrogens is 415 g/mol. The van der Waals surface area contributed by atoms with Crippen molar-refractivity contribution in [2.75, 3.05) is 26.0 Å². The number of furan rings is 1. The number of nitrogens with one attached hydrogen (secondary N) is 1. The maximum atomic E-state index is 12.6. The van der Waals surface area contributed by atoms with Crippen LogP contribution in [0, 0.1) is 0 Å². The van der Waals surface area contributed by atoms with Crippen molar-refractivity contribution in [3.05, 3.63) is 70.4 Å². The van der Waals surface area contributed by atoms with Gasteiger partial charge in [-0.25, -0.2) is 0 Å². The summed E-state index contributed by atoms with van der Waals surface area (Å²) in [6, 6.07) is 15.0. The number of ether oxygens (including phenoxy) is 1.